The number of phenols is 1. The summed E-state index contributed by atoms with van der Waals surface area (Å²) >= 11 is 1.89. The fourth-order valence-electron chi connectivity index (χ4n) is 4.30. The van der Waals surface area contributed by atoms with Crippen LogP contribution in [-0.4, -0.2) is 26.4 Å². The monoisotopic (exact) mass is 598 g/mol. The second-order valence-corrected chi connectivity index (χ2v) is 9.58. The molecule has 5 rings (SSSR count). The summed E-state index contributed by atoms with van der Waals surface area (Å²) in [5.41, 5.74) is 1.81. The number of hydrogen-bond donors (Lipinski definition) is 1. The maximum atomic E-state index is 10.0. The van der Waals surface area contributed by atoms with Gasteiger partial charge in [-0.15, -0.1) is 23.8 Å². The largest absolute Gasteiger partial charge is 0.506 e. The number of thioether (sulfide) groups is 1. The van der Waals surface area contributed by atoms with Gasteiger partial charge in [0.1, 0.15) is 11.3 Å². The molecule has 1 N–H and O–H groups in total. The van der Waals surface area contributed by atoms with Gasteiger partial charge < -0.3 is 14.8 Å². The maximum absolute atomic E-state index is 10.0. The van der Waals surface area contributed by atoms with Crippen molar-refractivity contribution in [3.05, 3.63) is 60.2 Å². The van der Waals surface area contributed by atoms with E-state index in [0.29, 0.717) is 33.9 Å². The van der Waals surface area contributed by atoms with Crippen molar-refractivity contribution < 1.29 is 30.9 Å². The van der Waals surface area contributed by atoms with Crippen molar-refractivity contribution in [1.82, 2.24) is 4.98 Å². The van der Waals surface area contributed by atoms with Crippen LogP contribution in [0.2, 0.25) is 0 Å². The van der Waals surface area contributed by atoms with Gasteiger partial charge in [0.25, 0.3) is 0 Å². The van der Waals surface area contributed by atoms with Crippen LogP contribution >= 0.6 is 11.8 Å². The van der Waals surface area contributed by atoms with Gasteiger partial charge >= 0.3 is 0 Å². The topological polar surface area (TPSA) is 54.7 Å². The summed E-state index contributed by atoms with van der Waals surface area (Å²) in [7, 11) is 0. The first-order valence-corrected chi connectivity index (χ1v) is 10.9. The van der Waals surface area contributed by atoms with Gasteiger partial charge in [-0.1, -0.05) is 38.5 Å². The molecule has 2 aromatic carbocycles. The number of para-hydroxylation sites is 1. The molecule has 1 fully saturated rings. The molecule has 1 aliphatic heterocycles. The molecular formula is C24H23N2O2PtS-. The number of nitrogens with zero attached hydrogens (tertiary/aromatic N) is 2. The molecular weight excluding hydrogens is 575 g/mol. The average molecular weight is 599 g/mol. The molecule has 4 nitrogen and oxygen atoms in total. The van der Waals surface area contributed by atoms with Crippen molar-refractivity contribution in [2.75, 3.05) is 0 Å². The normalized spacial score (nSPS) is 22.1. The van der Waals surface area contributed by atoms with Gasteiger partial charge in [0.05, 0.1) is 6.04 Å². The molecule has 0 unspecified atom stereocenters. The summed E-state index contributed by atoms with van der Waals surface area (Å²) in [4.78, 5) is 9.47. The molecule has 1 saturated carbocycles. The molecule has 0 saturated heterocycles. The van der Waals surface area contributed by atoms with Crippen LogP contribution in [0.3, 0.4) is 0 Å². The van der Waals surface area contributed by atoms with Crippen LogP contribution in [0, 0.1) is 11.5 Å². The van der Waals surface area contributed by atoms with Crippen LogP contribution in [0.1, 0.15) is 38.7 Å². The van der Waals surface area contributed by atoms with Gasteiger partial charge in [-0.3, -0.25) is 0 Å². The van der Waals surface area contributed by atoms with Crippen molar-refractivity contribution >= 4 is 27.7 Å². The van der Waals surface area contributed by atoms with Gasteiger partial charge in [-0.25, -0.2) is 4.98 Å². The summed E-state index contributed by atoms with van der Waals surface area (Å²) < 4.78 is 5.96. The van der Waals surface area contributed by atoms with E-state index in [1.54, 1.807) is 18.2 Å². The smallest absolute Gasteiger partial charge is 0.217 e. The number of aromatic nitrogens is 1. The maximum Gasteiger partial charge on any atom is 0.217 e. The summed E-state index contributed by atoms with van der Waals surface area (Å²) in [5, 5.41) is 12.5. The molecule has 2 atom stereocenters. The first kappa shape index (κ1) is 21.4. The Morgan fingerprint density at radius 3 is 2.80 bits per heavy atom. The molecule has 1 aromatic heterocycles. The van der Waals surface area contributed by atoms with E-state index in [1.165, 1.54) is 19.3 Å². The molecule has 3 aromatic rings. The van der Waals surface area contributed by atoms with Gasteiger partial charge in [0.15, 0.2) is 0 Å². The molecule has 2 aliphatic rings. The SMILES string of the molecule is CC1(C)CCC[C@@H]2N=C(c3[c-]c(Oc4ccc5cccc(O)c5n4)ccc3)S[C@@H]21.[Pt]. The zero-order chi connectivity index (χ0) is 20.0. The van der Waals surface area contributed by atoms with Gasteiger partial charge in [-0.2, -0.15) is 11.8 Å². The number of fused-ring (bicyclic) bond motifs is 2. The van der Waals surface area contributed by atoms with Crippen LogP contribution in [0.4, 0.5) is 0 Å². The number of hydrogen-bond acceptors (Lipinski definition) is 5. The molecule has 6 heteroatoms. The third-order valence-electron chi connectivity index (χ3n) is 5.85. The zero-order valence-corrected chi connectivity index (χ0v) is 20.0. The molecule has 0 spiro atoms. The van der Waals surface area contributed by atoms with Crippen LogP contribution in [0.25, 0.3) is 10.9 Å². The van der Waals surface area contributed by atoms with Gasteiger partial charge in [0, 0.05) is 48.6 Å². The van der Waals surface area contributed by atoms with Crippen molar-refractivity contribution in [2.45, 2.75) is 44.4 Å². The average Bonchev–Trinajstić information content (AvgIpc) is 3.15. The Morgan fingerprint density at radius 1 is 1.13 bits per heavy atom. The predicted octanol–water partition coefficient (Wildman–Crippen LogP) is 5.97. The van der Waals surface area contributed by atoms with E-state index in [-0.39, 0.29) is 26.8 Å². The number of phenolic OH excluding ortho intramolecular Hbond substituents is 1. The number of benzene rings is 2. The number of aromatic hydroxyl groups is 1. The van der Waals surface area contributed by atoms with E-state index in [0.717, 1.165) is 16.0 Å². The molecule has 1 aliphatic carbocycles. The second kappa shape index (κ2) is 8.36. The van der Waals surface area contributed by atoms with Crippen molar-refractivity contribution in [3.63, 3.8) is 0 Å². The summed E-state index contributed by atoms with van der Waals surface area (Å²) in [5.74, 6) is 1.18. The third kappa shape index (κ3) is 4.02. The van der Waals surface area contributed by atoms with E-state index in [1.807, 2.05) is 42.1 Å². The Labute approximate surface area is 195 Å². The quantitative estimate of drug-likeness (QED) is 0.378. The van der Waals surface area contributed by atoms with Crippen molar-refractivity contribution in [1.29, 1.82) is 0 Å². The summed E-state index contributed by atoms with van der Waals surface area (Å²) in [6.07, 6.45) is 3.68. The Balaban J connectivity index is 0.00000218. The fraction of sp³-hybridized carbons (Fsp3) is 0.333. The van der Waals surface area contributed by atoms with Gasteiger partial charge in [0.2, 0.25) is 5.88 Å². The molecule has 0 amide bonds. The number of ether oxygens (including phenoxy) is 1. The molecule has 30 heavy (non-hydrogen) atoms. The minimum absolute atomic E-state index is 0. The van der Waals surface area contributed by atoms with Crippen molar-refractivity contribution in [3.8, 4) is 17.4 Å². The molecule has 0 bridgehead atoms. The summed E-state index contributed by atoms with van der Waals surface area (Å²) in [6.45, 7) is 4.72. The Hall–Kier alpha value is -1.84. The van der Waals surface area contributed by atoms with Crippen molar-refractivity contribution in [2.24, 2.45) is 10.4 Å². The third-order valence-corrected chi connectivity index (χ3v) is 7.60. The first-order valence-electron chi connectivity index (χ1n) is 10.0. The first-order chi connectivity index (χ1) is 14.0. The Kier molecular flexibility index (Phi) is 5.96. The van der Waals surface area contributed by atoms with E-state index in [4.69, 9.17) is 9.73 Å². The van der Waals surface area contributed by atoms with E-state index in [9.17, 15) is 5.11 Å². The van der Waals surface area contributed by atoms with E-state index >= 15 is 0 Å². The van der Waals surface area contributed by atoms with E-state index in [2.05, 4.69) is 24.9 Å². The fourth-order valence-corrected chi connectivity index (χ4v) is 5.77. The minimum Gasteiger partial charge on any atom is -0.506 e. The van der Waals surface area contributed by atoms with E-state index < -0.39 is 0 Å². The van der Waals surface area contributed by atoms with Crippen LogP contribution in [-0.2, 0) is 21.1 Å². The van der Waals surface area contributed by atoms with Crippen LogP contribution in [0.5, 0.6) is 17.4 Å². The standard InChI is InChI=1S/C24H23N2O2S.Pt/c1-24(2)13-5-9-18-22(24)29-23(25-18)16-7-3-8-17(14-16)28-20-12-11-15-6-4-10-19(27)21(15)26-20;/h3-4,6-8,10-12,18,22,27H,5,9,13H2,1-2H3;/q-1;/t18-,22-;/m0./s1. The predicted molar refractivity (Wildman–Crippen MR) is 118 cm³/mol. The molecule has 158 valence electrons. The summed E-state index contributed by atoms with van der Waals surface area (Å²) in [6, 6.07) is 18.7. The zero-order valence-electron chi connectivity index (χ0n) is 16.9. The number of rotatable bonds is 3. The number of pyridine rings is 1. The number of aliphatic imine (C=N–C) groups is 1. The molecule has 0 radical (unpaired) electrons. The van der Waals surface area contributed by atoms with Crippen LogP contribution < -0.4 is 4.74 Å². The minimum atomic E-state index is 0. The Morgan fingerprint density at radius 2 is 1.97 bits per heavy atom. The molecule has 2 heterocycles. The second-order valence-electron chi connectivity index (χ2n) is 8.45. The Bertz CT molecular complexity index is 1120. The van der Waals surface area contributed by atoms with Gasteiger partial charge in [-0.05, 0) is 30.4 Å². The van der Waals surface area contributed by atoms with Crippen LogP contribution in [0.15, 0.2) is 53.5 Å².